The second kappa shape index (κ2) is 13.8. The highest BCUT2D eigenvalue weighted by molar-refractivity contribution is 6.27. The lowest BCUT2D eigenvalue weighted by Crippen LogP contribution is -2.41. The molecular formula is C17H33NO4Si. The Labute approximate surface area is 143 Å². The zero-order valence-electron chi connectivity index (χ0n) is 14.7. The van der Waals surface area contributed by atoms with Crippen molar-refractivity contribution in [2.45, 2.75) is 75.7 Å². The van der Waals surface area contributed by atoms with Gasteiger partial charge in [0.25, 0.3) is 0 Å². The summed E-state index contributed by atoms with van der Waals surface area (Å²) < 4.78 is 17.5. The lowest BCUT2D eigenvalue weighted by atomic mass is 10.1. The maximum absolute atomic E-state index is 10.2. The van der Waals surface area contributed by atoms with Crippen LogP contribution in [-0.2, 0) is 18.7 Å². The van der Waals surface area contributed by atoms with Gasteiger partial charge in [0, 0.05) is 27.2 Å². The minimum atomic E-state index is -0.559. The first-order valence-electron chi connectivity index (χ1n) is 8.92. The van der Waals surface area contributed by atoms with Gasteiger partial charge < -0.3 is 18.7 Å². The molecule has 0 bridgehead atoms. The quantitative estimate of drug-likeness (QED) is 0.179. The van der Waals surface area contributed by atoms with Gasteiger partial charge in [0.15, 0.2) is 9.76 Å². The molecule has 0 radical (unpaired) electrons. The third-order valence-corrected chi connectivity index (χ3v) is 5.75. The lowest BCUT2D eigenvalue weighted by Gasteiger charge is -2.30. The highest BCUT2D eigenvalue weighted by atomic mass is 28.2. The van der Waals surface area contributed by atoms with Crippen LogP contribution in [0.2, 0.25) is 6.04 Å². The zero-order valence-corrected chi connectivity index (χ0v) is 16.2. The number of unbranched alkanes of at least 4 members (excludes halogenated alkanes) is 2. The van der Waals surface area contributed by atoms with Crippen LogP contribution in [-0.4, -0.2) is 61.3 Å². The molecule has 0 aliphatic heterocycles. The Morgan fingerprint density at radius 2 is 1.78 bits per heavy atom. The Kier molecular flexibility index (Phi) is 12.3. The maximum atomic E-state index is 10.2. The second-order valence-corrected chi connectivity index (χ2v) is 7.51. The molecule has 5 nitrogen and oxygen atoms in total. The van der Waals surface area contributed by atoms with Crippen LogP contribution in [0.15, 0.2) is 4.99 Å². The molecule has 0 saturated heterocycles. The number of aliphatic imine (C=N–C) groups is 1. The highest BCUT2D eigenvalue weighted by Crippen LogP contribution is 2.25. The minimum Gasteiger partial charge on any atom is -0.416 e. The van der Waals surface area contributed by atoms with Gasteiger partial charge in [-0.3, -0.25) is 4.99 Å². The molecule has 23 heavy (non-hydrogen) atoms. The Bertz CT molecular complexity index is 314. The second-order valence-electron chi connectivity index (χ2n) is 6.06. The van der Waals surface area contributed by atoms with Crippen LogP contribution in [0.3, 0.4) is 0 Å². The summed E-state index contributed by atoms with van der Waals surface area (Å²) >= 11 is 0. The summed E-state index contributed by atoms with van der Waals surface area (Å²) in [6.45, 7) is 0.865. The standard InChI is InChI=1S/C17H33NO4Si/c1-20-15-9-4-5-10-16(21-2)17(15)22-23-14-8-12-18-11-6-3-7-13-19/h11,13,15-17H,3-10,12,14,23H2,1-2H3. The number of methoxy groups -OCH3 is 2. The number of aldehydes is 1. The monoisotopic (exact) mass is 343 g/mol. The molecular weight excluding hydrogens is 310 g/mol. The van der Waals surface area contributed by atoms with E-state index in [2.05, 4.69) is 4.99 Å². The summed E-state index contributed by atoms with van der Waals surface area (Å²) in [5.74, 6) is 0. The summed E-state index contributed by atoms with van der Waals surface area (Å²) in [6, 6.07) is 1.13. The van der Waals surface area contributed by atoms with Crippen molar-refractivity contribution in [1.29, 1.82) is 0 Å². The smallest absolute Gasteiger partial charge is 0.162 e. The molecule has 0 aromatic heterocycles. The first kappa shape index (κ1) is 20.5. The van der Waals surface area contributed by atoms with E-state index in [0.29, 0.717) is 6.42 Å². The number of carbonyl (C=O) groups is 1. The van der Waals surface area contributed by atoms with Gasteiger partial charge in [-0.2, -0.15) is 0 Å². The summed E-state index contributed by atoms with van der Waals surface area (Å²) in [5.41, 5.74) is 0. The van der Waals surface area contributed by atoms with Gasteiger partial charge in [-0.15, -0.1) is 0 Å². The fourth-order valence-corrected chi connectivity index (χ4v) is 4.27. The molecule has 6 heteroatoms. The summed E-state index contributed by atoms with van der Waals surface area (Å²) in [7, 11) is 3.00. The van der Waals surface area contributed by atoms with Crippen LogP contribution >= 0.6 is 0 Å². The molecule has 134 valence electrons. The van der Waals surface area contributed by atoms with Gasteiger partial charge in [0.2, 0.25) is 0 Å². The maximum Gasteiger partial charge on any atom is 0.162 e. The molecule has 0 heterocycles. The molecule has 1 fully saturated rings. The normalized spacial score (nSPS) is 26.1. The van der Waals surface area contributed by atoms with Crippen LogP contribution < -0.4 is 0 Å². The molecule has 1 aliphatic carbocycles. The summed E-state index contributed by atoms with van der Waals surface area (Å²) in [4.78, 5) is 14.6. The molecule has 0 amide bonds. The molecule has 0 spiro atoms. The number of rotatable bonds is 12. The van der Waals surface area contributed by atoms with E-state index < -0.39 is 9.76 Å². The van der Waals surface area contributed by atoms with E-state index in [-0.39, 0.29) is 18.3 Å². The van der Waals surface area contributed by atoms with Gasteiger partial charge in [-0.1, -0.05) is 12.8 Å². The zero-order chi connectivity index (χ0) is 16.8. The molecule has 2 atom stereocenters. The van der Waals surface area contributed by atoms with Crippen LogP contribution in [0.25, 0.3) is 0 Å². The van der Waals surface area contributed by atoms with Gasteiger partial charge >= 0.3 is 0 Å². The average Bonchev–Trinajstić information content (AvgIpc) is 2.78. The molecule has 1 aliphatic rings. The minimum absolute atomic E-state index is 0.103. The van der Waals surface area contributed by atoms with Gasteiger partial charge in [-0.05, 0) is 44.4 Å². The van der Waals surface area contributed by atoms with Crippen LogP contribution in [0.1, 0.15) is 51.4 Å². The number of nitrogens with zero attached hydrogens (tertiary/aromatic N) is 1. The van der Waals surface area contributed by atoms with Crippen LogP contribution in [0.5, 0.6) is 0 Å². The fourth-order valence-electron chi connectivity index (χ4n) is 2.98. The third kappa shape index (κ3) is 8.74. The van der Waals surface area contributed by atoms with Crippen LogP contribution in [0.4, 0.5) is 0 Å². The number of hydrogen-bond donors (Lipinski definition) is 0. The van der Waals surface area contributed by atoms with Crippen molar-refractivity contribution < 1.29 is 18.7 Å². The van der Waals surface area contributed by atoms with Crippen molar-refractivity contribution in [2.24, 2.45) is 4.99 Å². The van der Waals surface area contributed by atoms with Gasteiger partial charge in [0.05, 0.1) is 18.3 Å². The first-order chi connectivity index (χ1) is 11.3. The Balaban J connectivity index is 2.17. The molecule has 2 unspecified atom stereocenters. The third-order valence-electron chi connectivity index (χ3n) is 4.34. The predicted octanol–water partition coefficient (Wildman–Crippen LogP) is 2.31. The Hall–Kier alpha value is -0.563. The fraction of sp³-hybridized carbons (Fsp3) is 0.882. The van der Waals surface area contributed by atoms with Crippen molar-refractivity contribution in [3.05, 3.63) is 0 Å². The number of hydrogen-bond acceptors (Lipinski definition) is 5. The van der Waals surface area contributed by atoms with E-state index in [4.69, 9.17) is 13.9 Å². The average molecular weight is 344 g/mol. The van der Waals surface area contributed by atoms with E-state index in [1.165, 1.54) is 12.8 Å². The predicted molar refractivity (Wildman–Crippen MR) is 96.2 cm³/mol. The van der Waals surface area contributed by atoms with E-state index in [1.54, 1.807) is 14.2 Å². The first-order valence-corrected chi connectivity index (χ1v) is 10.5. The SMILES string of the molecule is COC1CCCCC(OC)C1O[SiH2]CCCN=CCCCC=O. The number of carbonyl (C=O) groups excluding carboxylic acids is 1. The van der Waals surface area contributed by atoms with E-state index in [0.717, 1.165) is 51.0 Å². The lowest BCUT2D eigenvalue weighted by molar-refractivity contribution is -0.107. The van der Waals surface area contributed by atoms with Gasteiger partial charge in [-0.25, -0.2) is 0 Å². The molecule has 0 N–H and O–H groups in total. The van der Waals surface area contributed by atoms with E-state index in [9.17, 15) is 4.79 Å². The molecule has 0 aromatic carbocycles. The number of ether oxygens (including phenoxy) is 2. The summed E-state index contributed by atoms with van der Waals surface area (Å²) in [5, 5.41) is 0. The van der Waals surface area contributed by atoms with Gasteiger partial charge in [0.1, 0.15) is 6.29 Å². The summed E-state index contributed by atoms with van der Waals surface area (Å²) in [6.07, 6.45) is 11.4. The Morgan fingerprint density at radius 1 is 1.09 bits per heavy atom. The Morgan fingerprint density at radius 3 is 2.39 bits per heavy atom. The molecule has 1 rings (SSSR count). The van der Waals surface area contributed by atoms with Crippen molar-refractivity contribution in [1.82, 2.24) is 0 Å². The van der Waals surface area contributed by atoms with Crippen molar-refractivity contribution >= 4 is 22.3 Å². The van der Waals surface area contributed by atoms with Crippen molar-refractivity contribution in [2.75, 3.05) is 20.8 Å². The van der Waals surface area contributed by atoms with E-state index in [1.807, 2.05) is 6.21 Å². The molecule has 1 saturated carbocycles. The topological polar surface area (TPSA) is 57.1 Å². The van der Waals surface area contributed by atoms with Crippen molar-refractivity contribution in [3.8, 4) is 0 Å². The highest BCUT2D eigenvalue weighted by Gasteiger charge is 2.32. The largest absolute Gasteiger partial charge is 0.416 e. The molecule has 0 aromatic rings. The van der Waals surface area contributed by atoms with Crippen molar-refractivity contribution in [3.63, 3.8) is 0 Å². The van der Waals surface area contributed by atoms with E-state index >= 15 is 0 Å². The van der Waals surface area contributed by atoms with Crippen LogP contribution in [0, 0.1) is 0 Å².